The van der Waals surface area contributed by atoms with Crippen molar-refractivity contribution in [3.8, 4) is 0 Å². The smallest absolute Gasteiger partial charge is 0.158 e. The maximum atomic E-state index is 5.85. The van der Waals surface area contributed by atoms with E-state index >= 15 is 0 Å². The van der Waals surface area contributed by atoms with E-state index in [-0.39, 0.29) is 6.29 Å². The van der Waals surface area contributed by atoms with Crippen LogP contribution in [0.5, 0.6) is 0 Å². The number of ether oxygens (including phenoxy) is 2. The highest BCUT2D eigenvalue weighted by molar-refractivity contribution is 4.76. The molecule has 0 amide bonds. The zero-order chi connectivity index (χ0) is 12.6. The molecule has 0 heterocycles. The fourth-order valence-electron chi connectivity index (χ4n) is 2.00. The van der Waals surface area contributed by atoms with E-state index in [0.29, 0.717) is 18.6 Å². The molecule has 0 bridgehead atoms. The first-order valence-electron chi connectivity index (χ1n) is 6.12. The van der Waals surface area contributed by atoms with Crippen molar-refractivity contribution in [1.82, 2.24) is 4.90 Å². The van der Waals surface area contributed by atoms with E-state index in [2.05, 4.69) is 25.7 Å². The van der Waals surface area contributed by atoms with Gasteiger partial charge in [-0.05, 0) is 26.8 Å². The molecule has 0 aliphatic rings. The first-order chi connectivity index (χ1) is 7.60. The molecular formula is C12H28N2O2. The Bertz CT molecular complexity index is 161. The van der Waals surface area contributed by atoms with Crippen LogP contribution in [0.2, 0.25) is 0 Å². The molecule has 0 aliphatic carbocycles. The number of rotatable bonds is 9. The predicted molar refractivity (Wildman–Crippen MR) is 67.4 cm³/mol. The Hall–Kier alpha value is -0.160. The molecule has 4 heteroatoms. The molecule has 1 atom stereocenters. The van der Waals surface area contributed by atoms with Crippen molar-refractivity contribution < 1.29 is 9.47 Å². The Morgan fingerprint density at radius 2 is 1.75 bits per heavy atom. The van der Waals surface area contributed by atoms with Gasteiger partial charge in [-0.25, -0.2) is 0 Å². The number of nitrogens with two attached hydrogens (primary N) is 1. The summed E-state index contributed by atoms with van der Waals surface area (Å²) in [6.07, 6.45) is 1.80. The van der Waals surface area contributed by atoms with E-state index in [1.807, 2.05) is 0 Å². The van der Waals surface area contributed by atoms with E-state index in [1.165, 1.54) is 0 Å². The van der Waals surface area contributed by atoms with Gasteiger partial charge in [0.2, 0.25) is 0 Å². The Labute approximate surface area is 100 Å². The summed E-state index contributed by atoms with van der Waals surface area (Å²) in [4.78, 5) is 2.42. The zero-order valence-electron chi connectivity index (χ0n) is 11.4. The van der Waals surface area contributed by atoms with E-state index in [9.17, 15) is 0 Å². The first-order valence-corrected chi connectivity index (χ1v) is 6.12. The average Bonchev–Trinajstić information content (AvgIpc) is 2.28. The van der Waals surface area contributed by atoms with E-state index in [0.717, 1.165) is 19.4 Å². The lowest BCUT2D eigenvalue weighted by Crippen LogP contribution is -2.47. The molecule has 4 nitrogen and oxygen atoms in total. The van der Waals surface area contributed by atoms with Crippen molar-refractivity contribution in [2.75, 3.05) is 27.3 Å². The van der Waals surface area contributed by atoms with Crippen LogP contribution in [0.1, 0.15) is 33.6 Å². The van der Waals surface area contributed by atoms with Crippen molar-refractivity contribution in [3.05, 3.63) is 0 Å². The standard InChI is InChI=1S/C12H28N2O2/c1-6-7-14(10(2)3)11(9-13)8-12(15-4)16-5/h10-12H,6-9,13H2,1-5H3. The van der Waals surface area contributed by atoms with Crippen molar-refractivity contribution in [2.45, 2.75) is 52.0 Å². The molecule has 0 spiro atoms. The van der Waals surface area contributed by atoms with E-state index in [1.54, 1.807) is 14.2 Å². The molecule has 0 fully saturated rings. The van der Waals surface area contributed by atoms with Gasteiger partial charge in [-0.3, -0.25) is 4.90 Å². The summed E-state index contributed by atoms with van der Waals surface area (Å²) < 4.78 is 10.5. The van der Waals surface area contributed by atoms with Gasteiger partial charge in [-0.1, -0.05) is 6.92 Å². The van der Waals surface area contributed by atoms with Gasteiger partial charge in [0, 0.05) is 39.3 Å². The lowest BCUT2D eigenvalue weighted by Gasteiger charge is -2.35. The molecule has 0 aromatic carbocycles. The van der Waals surface area contributed by atoms with E-state index < -0.39 is 0 Å². The van der Waals surface area contributed by atoms with Crippen LogP contribution in [0.3, 0.4) is 0 Å². The van der Waals surface area contributed by atoms with Crippen molar-refractivity contribution in [2.24, 2.45) is 5.73 Å². The molecule has 98 valence electrons. The number of hydrogen-bond donors (Lipinski definition) is 1. The highest BCUT2D eigenvalue weighted by Gasteiger charge is 2.22. The molecular weight excluding hydrogens is 204 g/mol. The second-order valence-corrected chi connectivity index (χ2v) is 4.36. The summed E-state index contributed by atoms with van der Waals surface area (Å²) in [5.74, 6) is 0. The number of nitrogens with zero attached hydrogens (tertiary/aromatic N) is 1. The molecule has 0 saturated carbocycles. The fourth-order valence-corrected chi connectivity index (χ4v) is 2.00. The molecule has 0 aromatic rings. The van der Waals surface area contributed by atoms with Gasteiger partial charge < -0.3 is 15.2 Å². The Morgan fingerprint density at radius 1 is 1.19 bits per heavy atom. The van der Waals surface area contributed by atoms with Crippen LogP contribution in [-0.2, 0) is 9.47 Å². The second kappa shape index (κ2) is 8.93. The van der Waals surface area contributed by atoms with Crippen molar-refractivity contribution in [3.63, 3.8) is 0 Å². The highest BCUT2D eigenvalue weighted by Crippen LogP contribution is 2.13. The van der Waals surface area contributed by atoms with Crippen LogP contribution in [0.25, 0.3) is 0 Å². The molecule has 0 rings (SSSR count). The van der Waals surface area contributed by atoms with Gasteiger partial charge in [0.15, 0.2) is 6.29 Å². The first kappa shape index (κ1) is 15.8. The Balaban J connectivity index is 4.40. The minimum Gasteiger partial charge on any atom is -0.356 e. The SMILES string of the molecule is CCCN(C(C)C)C(CN)CC(OC)OC. The average molecular weight is 232 g/mol. The van der Waals surface area contributed by atoms with Crippen molar-refractivity contribution in [1.29, 1.82) is 0 Å². The molecule has 16 heavy (non-hydrogen) atoms. The van der Waals surface area contributed by atoms with Crippen LogP contribution in [-0.4, -0.2) is 50.6 Å². The normalized spacial score (nSPS) is 14.1. The lowest BCUT2D eigenvalue weighted by molar-refractivity contribution is -0.117. The second-order valence-electron chi connectivity index (χ2n) is 4.36. The third-order valence-electron chi connectivity index (χ3n) is 2.88. The van der Waals surface area contributed by atoms with E-state index in [4.69, 9.17) is 15.2 Å². The highest BCUT2D eigenvalue weighted by atomic mass is 16.7. The maximum Gasteiger partial charge on any atom is 0.158 e. The largest absolute Gasteiger partial charge is 0.356 e. The number of hydrogen-bond acceptors (Lipinski definition) is 4. The van der Waals surface area contributed by atoms with Crippen LogP contribution >= 0.6 is 0 Å². The van der Waals surface area contributed by atoms with Crippen LogP contribution in [0, 0.1) is 0 Å². The summed E-state index contributed by atoms with van der Waals surface area (Å²) in [7, 11) is 3.34. The molecule has 0 saturated heterocycles. The third kappa shape index (κ3) is 5.25. The summed E-state index contributed by atoms with van der Waals surface area (Å²) in [6.45, 7) is 8.30. The van der Waals surface area contributed by atoms with Crippen LogP contribution in [0.4, 0.5) is 0 Å². The summed E-state index contributed by atoms with van der Waals surface area (Å²) in [5.41, 5.74) is 5.85. The quantitative estimate of drug-likeness (QED) is 0.611. The van der Waals surface area contributed by atoms with Gasteiger partial charge >= 0.3 is 0 Å². The fraction of sp³-hybridized carbons (Fsp3) is 1.00. The molecule has 2 N–H and O–H groups in total. The molecule has 0 radical (unpaired) electrons. The molecule has 1 unspecified atom stereocenters. The minimum atomic E-state index is -0.161. The van der Waals surface area contributed by atoms with Crippen LogP contribution < -0.4 is 5.73 Å². The Kier molecular flexibility index (Phi) is 8.84. The van der Waals surface area contributed by atoms with Crippen LogP contribution in [0.15, 0.2) is 0 Å². The number of methoxy groups -OCH3 is 2. The van der Waals surface area contributed by atoms with Gasteiger partial charge in [-0.2, -0.15) is 0 Å². The van der Waals surface area contributed by atoms with Gasteiger partial charge in [-0.15, -0.1) is 0 Å². The Morgan fingerprint density at radius 3 is 2.06 bits per heavy atom. The monoisotopic (exact) mass is 232 g/mol. The minimum absolute atomic E-state index is 0.161. The molecule has 0 aliphatic heterocycles. The van der Waals surface area contributed by atoms with Crippen molar-refractivity contribution >= 4 is 0 Å². The summed E-state index contributed by atoms with van der Waals surface area (Å²) in [5, 5.41) is 0. The topological polar surface area (TPSA) is 47.7 Å². The van der Waals surface area contributed by atoms with Gasteiger partial charge in [0.25, 0.3) is 0 Å². The van der Waals surface area contributed by atoms with Gasteiger partial charge in [0.05, 0.1) is 0 Å². The summed E-state index contributed by atoms with van der Waals surface area (Å²) >= 11 is 0. The molecule has 0 aromatic heterocycles. The zero-order valence-corrected chi connectivity index (χ0v) is 11.4. The maximum absolute atomic E-state index is 5.85. The summed E-state index contributed by atoms with van der Waals surface area (Å²) in [6, 6.07) is 0.827. The third-order valence-corrected chi connectivity index (χ3v) is 2.88. The lowest BCUT2D eigenvalue weighted by atomic mass is 10.1. The predicted octanol–water partition coefficient (Wildman–Crippen LogP) is 1.44. The van der Waals surface area contributed by atoms with Gasteiger partial charge in [0.1, 0.15) is 0 Å².